The fraction of sp³-hybridized carbons (Fsp3) is 0.300. The summed E-state index contributed by atoms with van der Waals surface area (Å²) in [5.74, 6) is 0.823. The summed E-state index contributed by atoms with van der Waals surface area (Å²) in [5.41, 5.74) is 0.834. The van der Waals surface area contributed by atoms with Gasteiger partial charge in [-0.15, -0.1) is 0 Å². The zero-order valence-corrected chi connectivity index (χ0v) is 7.88. The van der Waals surface area contributed by atoms with E-state index in [1.807, 2.05) is 6.07 Å². The molecule has 0 saturated heterocycles. The molecule has 2 aromatic heterocycles. The molecule has 0 radical (unpaired) electrons. The van der Waals surface area contributed by atoms with Crippen LogP contribution in [0.3, 0.4) is 0 Å². The molecule has 2 rings (SSSR count). The van der Waals surface area contributed by atoms with Crippen LogP contribution >= 0.6 is 0 Å². The molecule has 14 heavy (non-hydrogen) atoms. The van der Waals surface area contributed by atoms with Crippen molar-refractivity contribution in [3.05, 3.63) is 30.2 Å². The molecule has 0 fully saturated rings. The minimum absolute atomic E-state index is 0.149. The van der Waals surface area contributed by atoms with Gasteiger partial charge in [-0.1, -0.05) is 6.07 Å². The van der Waals surface area contributed by atoms with Gasteiger partial charge in [-0.2, -0.15) is 0 Å². The van der Waals surface area contributed by atoms with Crippen molar-refractivity contribution in [2.24, 2.45) is 0 Å². The molecule has 0 aliphatic carbocycles. The molecular weight excluding hydrogens is 180 g/mol. The Morgan fingerprint density at radius 1 is 1.50 bits per heavy atom. The van der Waals surface area contributed by atoms with Crippen molar-refractivity contribution in [1.29, 1.82) is 0 Å². The number of aliphatic hydroxyl groups excluding tert-OH is 1. The van der Waals surface area contributed by atoms with Crippen molar-refractivity contribution in [2.75, 3.05) is 0 Å². The van der Waals surface area contributed by atoms with E-state index in [0.717, 1.165) is 5.52 Å². The SMILES string of the molecule is CC(O)Cc1ncc2cccc(O)n12. The van der Waals surface area contributed by atoms with Gasteiger partial charge >= 0.3 is 0 Å². The highest BCUT2D eigenvalue weighted by molar-refractivity contribution is 5.48. The zero-order chi connectivity index (χ0) is 10.1. The third-order valence-corrected chi connectivity index (χ3v) is 2.08. The highest BCUT2D eigenvalue weighted by atomic mass is 16.3. The summed E-state index contributed by atoms with van der Waals surface area (Å²) in [7, 11) is 0. The average Bonchev–Trinajstić information content (AvgIpc) is 2.49. The van der Waals surface area contributed by atoms with Gasteiger partial charge < -0.3 is 10.2 Å². The summed E-state index contributed by atoms with van der Waals surface area (Å²) < 4.78 is 1.63. The first-order valence-corrected chi connectivity index (χ1v) is 4.51. The topological polar surface area (TPSA) is 57.8 Å². The number of pyridine rings is 1. The van der Waals surface area contributed by atoms with Crippen LogP contribution in [0, 0.1) is 0 Å². The standard InChI is InChI=1S/C10H12N2O2/c1-7(13)5-9-11-6-8-3-2-4-10(14)12(8)9/h2-4,6-7,13-14H,5H2,1H3. The van der Waals surface area contributed by atoms with E-state index < -0.39 is 6.10 Å². The predicted molar refractivity (Wildman–Crippen MR) is 52.2 cm³/mol. The van der Waals surface area contributed by atoms with Crippen molar-refractivity contribution >= 4 is 5.52 Å². The number of hydrogen-bond acceptors (Lipinski definition) is 3. The first kappa shape index (κ1) is 9.02. The largest absolute Gasteiger partial charge is 0.494 e. The third-order valence-electron chi connectivity index (χ3n) is 2.08. The second kappa shape index (κ2) is 3.31. The number of hydrogen-bond donors (Lipinski definition) is 2. The molecule has 0 bridgehead atoms. The molecular formula is C10H12N2O2. The Balaban J connectivity index is 2.55. The Hall–Kier alpha value is -1.55. The number of aromatic nitrogens is 2. The molecule has 2 aromatic rings. The van der Waals surface area contributed by atoms with Crippen molar-refractivity contribution in [2.45, 2.75) is 19.4 Å². The Morgan fingerprint density at radius 2 is 2.29 bits per heavy atom. The maximum absolute atomic E-state index is 9.60. The van der Waals surface area contributed by atoms with Gasteiger partial charge in [0.15, 0.2) is 5.88 Å². The van der Waals surface area contributed by atoms with Gasteiger partial charge in [-0.25, -0.2) is 4.98 Å². The highest BCUT2D eigenvalue weighted by Gasteiger charge is 2.08. The molecule has 0 saturated carbocycles. The summed E-state index contributed by atoms with van der Waals surface area (Å²) in [6.45, 7) is 1.70. The second-order valence-electron chi connectivity index (χ2n) is 3.37. The van der Waals surface area contributed by atoms with Gasteiger partial charge in [-0.3, -0.25) is 4.40 Å². The predicted octanol–water partition coefficient (Wildman–Crippen LogP) is 0.963. The van der Waals surface area contributed by atoms with Gasteiger partial charge in [-0.05, 0) is 19.1 Å². The summed E-state index contributed by atoms with van der Waals surface area (Å²) in [4.78, 5) is 4.14. The van der Waals surface area contributed by atoms with Crippen molar-refractivity contribution < 1.29 is 10.2 Å². The molecule has 0 aliphatic rings. The summed E-state index contributed by atoms with van der Waals surface area (Å²) in [6, 6.07) is 5.22. The molecule has 1 unspecified atom stereocenters. The van der Waals surface area contributed by atoms with Crippen LogP contribution < -0.4 is 0 Å². The molecule has 4 nitrogen and oxygen atoms in total. The number of aliphatic hydroxyl groups is 1. The molecule has 0 amide bonds. The monoisotopic (exact) mass is 192 g/mol. The molecule has 74 valence electrons. The van der Waals surface area contributed by atoms with Crippen LogP contribution in [0.25, 0.3) is 5.52 Å². The first-order chi connectivity index (χ1) is 6.68. The van der Waals surface area contributed by atoms with E-state index in [-0.39, 0.29) is 5.88 Å². The Bertz CT molecular complexity index is 448. The second-order valence-corrected chi connectivity index (χ2v) is 3.37. The van der Waals surface area contributed by atoms with Gasteiger partial charge in [0.1, 0.15) is 5.82 Å². The first-order valence-electron chi connectivity index (χ1n) is 4.51. The van der Waals surface area contributed by atoms with Gasteiger partial charge in [0.05, 0.1) is 17.8 Å². The minimum atomic E-state index is -0.458. The lowest BCUT2D eigenvalue weighted by atomic mass is 10.3. The van der Waals surface area contributed by atoms with E-state index in [9.17, 15) is 10.2 Å². The number of fused-ring (bicyclic) bond motifs is 1. The van der Waals surface area contributed by atoms with E-state index in [0.29, 0.717) is 12.2 Å². The fourth-order valence-corrected chi connectivity index (χ4v) is 1.50. The molecule has 0 spiro atoms. The van der Waals surface area contributed by atoms with Crippen LogP contribution in [0.1, 0.15) is 12.7 Å². The van der Waals surface area contributed by atoms with Gasteiger partial charge in [0, 0.05) is 6.42 Å². The van der Waals surface area contributed by atoms with Crippen LogP contribution in [0.4, 0.5) is 0 Å². The lowest BCUT2D eigenvalue weighted by Crippen LogP contribution is -2.07. The number of nitrogens with zero attached hydrogens (tertiary/aromatic N) is 2. The zero-order valence-electron chi connectivity index (χ0n) is 7.88. The molecule has 2 N–H and O–H groups in total. The normalized spacial score (nSPS) is 13.3. The van der Waals surface area contributed by atoms with E-state index in [1.54, 1.807) is 29.7 Å². The summed E-state index contributed by atoms with van der Waals surface area (Å²) in [6.07, 6.45) is 1.66. The van der Waals surface area contributed by atoms with Crippen LogP contribution in [0.5, 0.6) is 5.88 Å². The summed E-state index contributed by atoms with van der Waals surface area (Å²) in [5, 5.41) is 18.8. The Kier molecular flexibility index (Phi) is 2.13. The quantitative estimate of drug-likeness (QED) is 0.745. The highest BCUT2D eigenvalue weighted by Crippen LogP contribution is 2.16. The van der Waals surface area contributed by atoms with Crippen LogP contribution in [0.2, 0.25) is 0 Å². The lowest BCUT2D eigenvalue weighted by molar-refractivity contribution is 0.192. The van der Waals surface area contributed by atoms with E-state index in [1.165, 1.54) is 0 Å². The van der Waals surface area contributed by atoms with Crippen LogP contribution in [-0.4, -0.2) is 25.7 Å². The molecule has 1 atom stereocenters. The molecule has 0 aliphatic heterocycles. The smallest absolute Gasteiger partial charge is 0.197 e. The van der Waals surface area contributed by atoms with Crippen molar-refractivity contribution in [3.63, 3.8) is 0 Å². The Morgan fingerprint density at radius 3 is 3.00 bits per heavy atom. The molecule has 0 aromatic carbocycles. The van der Waals surface area contributed by atoms with Gasteiger partial charge in [0.2, 0.25) is 0 Å². The fourth-order valence-electron chi connectivity index (χ4n) is 1.50. The third kappa shape index (κ3) is 1.44. The summed E-state index contributed by atoms with van der Waals surface area (Å²) >= 11 is 0. The van der Waals surface area contributed by atoms with E-state index >= 15 is 0 Å². The number of aromatic hydroxyl groups is 1. The molecule has 2 heterocycles. The number of rotatable bonds is 2. The number of imidazole rings is 1. The van der Waals surface area contributed by atoms with Crippen molar-refractivity contribution in [3.8, 4) is 5.88 Å². The van der Waals surface area contributed by atoms with Crippen LogP contribution in [-0.2, 0) is 6.42 Å². The Labute approximate surface area is 81.5 Å². The lowest BCUT2D eigenvalue weighted by Gasteiger charge is -2.04. The van der Waals surface area contributed by atoms with Crippen LogP contribution in [0.15, 0.2) is 24.4 Å². The maximum atomic E-state index is 9.60. The van der Waals surface area contributed by atoms with E-state index in [4.69, 9.17) is 0 Å². The maximum Gasteiger partial charge on any atom is 0.197 e. The average molecular weight is 192 g/mol. The van der Waals surface area contributed by atoms with Crippen molar-refractivity contribution in [1.82, 2.24) is 9.38 Å². The minimum Gasteiger partial charge on any atom is -0.494 e. The van der Waals surface area contributed by atoms with Gasteiger partial charge in [0.25, 0.3) is 0 Å². The molecule has 4 heteroatoms. The van der Waals surface area contributed by atoms with E-state index in [2.05, 4.69) is 4.98 Å².